The summed E-state index contributed by atoms with van der Waals surface area (Å²) in [6, 6.07) is 0. The molecule has 0 saturated heterocycles. The van der Waals surface area contributed by atoms with E-state index in [2.05, 4.69) is 20.8 Å². The fraction of sp³-hybridized carbons (Fsp3) is 1.00. The highest BCUT2D eigenvalue weighted by Gasteiger charge is 2.10. The zero-order valence-electron chi connectivity index (χ0n) is 33.0. The lowest BCUT2D eigenvalue weighted by Crippen LogP contribution is -2.27. The maximum absolute atomic E-state index is 5.74. The van der Waals surface area contributed by atoms with E-state index in [1.165, 1.54) is 0 Å². The second-order valence-electron chi connectivity index (χ2n) is 11.3. The minimum atomic E-state index is -0.881. The molecule has 15 heteroatoms. The van der Waals surface area contributed by atoms with Crippen molar-refractivity contribution in [2.24, 2.45) is 0 Å². The number of hydrogen-bond donors (Lipinski definition) is 0. The molecule has 0 aromatic carbocycles. The topological polar surface area (TPSA) is 138 Å². The molecule has 0 atom stereocenters. The molecule has 52 heavy (non-hydrogen) atoms. The normalized spacial score (nSPS) is 11.8. The zero-order chi connectivity index (χ0) is 37.5. The first-order valence-electron chi connectivity index (χ1n) is 19.6. The molecule has 0 aromatic heterocycles. The minimum Gasteiger partial charge on any atom is -0.379 e. The van der Waals surface area contributed by atoms with Gasteiger partial charge in [-0.1, -0.05) is 40.0 Å². The first-order valence-corrected chi connectivity index (χ1v) is 19.6. The van der Waals surface area contributed by atoms with E-state index in [1.807, 2.05) is 0 Å². The Morgan fingerprint density at radius 3 is 0.538 bits per heavy atom. The second-order valence-corrected chi connectivity index (χ2v) is 11.3. The highest BCUT2D eigenvalue weighted by molar-refractivity contribution is 4.41. The van der Waals surface area contributed by atoms with Gasteiger partial charge in [0.1, 0.15) is 0 Å². The minimum absolute atomic E-state index is 0.287. The average molecular weight is 761 g/mol. The van der Waals surface area contributed by atoms with Crippen molar-refractivity contribution >= 4 is 0 Å². The third-order valence-electron chi connectivity index (χ3n) is 6.72. The average Bonchev–Trinajstić information content (AvgIpc) is 3.15. The quantitative estimate of drug-likeness (QED) is 0.0654. The number of rotatable bonds is 48. The van der Waals surface area contributed by atoms with Crippen LogP contribution in [0.4, 0.5) is 0 Å². The van der Waals surface area contributed by atoms with Crippen LogP contribution in [-0.4, -0.2) is 185 Å². The second kappa shape index (κ2) is 48.4. The molecule has 0 saturated carbocycles. The van der Waals surface area contributed by atoms with E-state index in [-0.39, 0.29) is 19.8 Å². The van der Waals surface area contributed by atoms with Gasteiger partial charge in [-0.25, -0.2) is 0 Å². The maximum Gasteiger partial charge on any atom is 0.271 e. The summed E-state index contributed by atoms with van der Waals surface area (Å²) in [5.41, 5.74) is 0. The van der Waals surface area contributed by atoms with Gasteiger partial charge in [-0.2, -0.15) is 0 Å². The SMILES string of the molecule is CCCCOCCOCCOCCOCCOC(OCCOCCOCCOCCOCCCC)OCCOCCOCCOCCOCCCC. The molecule has 0 heterocycles. The molecule has 0 aromatic rings. The predicted octanol–water partition coefficient (Wildman–Crippen LogP) is 3.92. The van der Waals surface area contributed by atoms with Gasteiger partial charge in [0, 0.05) is 19.8 Å². The molecule has 314 valence electrons. The van der Waals surface area contributed by atoms with E-state index >= 15 is 0 Å². The lowest BCUT2D eigenvalue weighted by molar-refractivity contribution is -0.295. The van der Waals surface area contributed by atoms with Gasteiger partial charge in [0.2, 0.25) is 0 Å². The maximum atomic E-state index is 5.74. The fourth-order valence-corrected chi connectivity index (χ4v) is 3.78. The summed E-state index contributed by atoms with van der Waals surface area (Å²) < 4.78 is 83.4. The van der Waals surface area contributed by atoms with Crippen molar-refractivity contribution in [1.82, 2.24) is 0 Å². The van der Waals surface area contributed by atoms with E-state index in [1.54, 1.807) is 0 Å². The molecule has 0 amide bonds. The van der Waals surface area contributed by atoms with Crippen LogP contribution in [0, 0.1) is 0 Å². The molecule has 0 bridgehead atoms. The van der Waals surface area contributed by atoms with Crippen LogP contribution in [0.3, 0.4) is 0 Å². The molecule has 0 fully saturated rings. The Labute approximate surface area is 315 Å². The molecular formula is C37H76O15. The predicted molar refractivity (Wildman–Crippen MR) is 196 cm³/mol. The molecule has 0 aliphatic heterocycles. The zero-order valence-corrected chi connectivity index (χ0v) is 33.0. The van der Waals surface area contributed by atoms with E-state index < -0.39 is 6.48 Å². The first kappa shape index (κ1) is 51.4. The summed E-state index contributed by atoms with van der Waals surface area (Å²) in [6.45, 7) is 19.3. The highest BCUT2D eigenvalue weighted by atomic mass is 16.8. The number of hydrogen-bond acceptors (Lipinski definition) is 15. The highest BCUT2D eigenvalue weighted by Crippen LogP contribution is 2.00. The summed E-state index contributed by atoms with van der Waals surface area (Å²) in [6.07, 6.45) is 6.62. The smallest absolute Gasteiger partial charge is 0.271 e. The van der Waals surface area contributed by atoms with Crippen LogP contribution in [0.25, 0.3) is 0 Å². The van der Waals surface area contributed by atoms with Gasteiger partial charge in [0.25, 0.3) is 6.48 Å². The summed E-state index contributed by atoms with van der Waals surface area (Å²) in [5, 5.41) is 0. The van der Waals surface area contributed by atoms with Crippen molar-refractivity contribution in [1.29, 1.82) is 0 Å². The standard InChI is InChI=1S/C37H76O15/c1-4-7-10-38-13-16-41-19-22-44-25-28-47-31-34-50-37(51-35-32-48-29-26-45-23-20-42-17-14-39-11-8-5-2)52-36-33-49-30-27-46-24-21-43-18-15-40-12-9-6-3/h37H,4-36H2,1-3H3. The van der Waals surface area contributed by atoms with Gasteiger partial charge in [-0.15, -0.1) is 0 Å². The third kappa shape index (κ3) is 45.6. The first-order chi connectivity index (χ1) is 25.8. The van der Waals surface area contributed by atoms with E-state index in [0.29, 0.717) is 139 Å². The molecule has 0 aliphatic rings. The van der Waals surface area contributed by atoms with E-state index in [4.69, 9.17) is 71.1 Å². The summed E-state index contributed by atoms with van der Waals surface area (Å²) in [4.78, 5) is 0. The summed E-state index contributed by atoms with van der Waals surface area (Å²) >= 11 is 0. The van der Waals surface area contributed by atoms with E-state index in [0.717, 1.165) is 58.3 Å². The summed E-state index contributed by atoms with van der Waals surface area (Å²) in [5.74, 6) is 0. The van der Waals surface area contributed by atoms with Gasteiger partial charge in [0.15, 0.2) is 0 Å². The lowest BCUT2D eigenvalue weighted by Gasteiger charge is -2.19. The molecular weight excluding hydrogens is 684 g/mol. The van der Waals surface area contributed by atoms with Crippen molar-refractivity contribution in [3.05, 3.63) is 0 Å². The number of ether oxygens (including phenoxy) is 15. The number of unbranched alkanes of at least 4 members (excludes halogenated alkanes) is 3. The molecule has 0 unspecified atom stereocenters. The van der Waals surface area contributed by atoms with Gasteiger partial charge in [0.05, 0.1) is 159 Å². The Balaban J connectivity index is 3.94. The van der Waals surface area contributed by atoms with Gasteiger partial charge in [-0.3, -0.25) is 0 Å². The van der Waals surface area contributed by atoms with Crippen molar-refractivity contribution in [2.45, 2.75) is 65.8 Å². The monoisotopic (exact) mass is 761 g/mol. The van der Waals surface area contributed by atoms with Gasteiger partial charge in [-0.05, 0) is 19.3 Å². The van der Waals surface area contributed by atoms with Crippen LogP contribution in [0.15, 0.2) is 0 Å². The van der Waals surface area contributed by atoms with Crippen molar-refractivity contribution < 1.29 is 71.1 Å². The molecule has 0 radical (unpaired) electrons. The van der Waals surface area contributed by atoms with Crippen LogP contribution < -0.4 is 0 Å². The summed E-state index contributed by atoms with van der Waals surface area (Å²) in [7, 11) is 0. The van der Waals surface area contributed by atoms with Crippen LogP contribution in [-0.2, 0) is 71.1 Å². The Morgan fingerprint density at radius 2 is 0.365 bits per heavy atom. The molecule has 0 rings (SSSR count). The van der Waals surface area contributed by atoms with Crippen LogP contribution in [0.2, 0.25) is 0 Å². The molecule has 0 spiro atoms. The van der Waals surface area contributed by atoms with Crippen LogP contribution in [0.1, 0.15) is 59.3 Å². The lowest BCUT2D eigenvalue weighted by atomic mass is 10.4. The van der Waals surface area contributed by atoms with Gasteiger partial charge < -0.3 is 71.1 Å². The molecule has 0 aliphatic carbocycles. The van der Waals surface area contributed by atoms with Crippen molar-refractivity contribution in [3.63, 3.8) is 0 Å². The largest absolute Gasteiger partial charge is 0.379 e. The van der Waals surface area contributed by atoms with E-state index in [9.17, 15) is 0 Å². The molecule has 15 nitrogen and oxygen atoms in total. The Kier molecular flexibility index (Phi) is 47.9. The Morgan fingerprint density at radius 1 is 0.212 bits per heavy atom. The van der Waals surface area contributed by atoms with Crippen LogP contribution in [0.5, 0.6) is 0 Å². The van der Waals surface area contributed by atoms with Crippen molar-refractivity contribution in [3.8, 4) is 0 Å². The van der Waals surface area contributed by atoms with Crippen molar-refractivity contribution in [2.75, 3.05) is 178 Å². The Hall–Kier alpha value is -0.600. The third-order valence-corrected chi connectivity index (χ3v) is 6.72. The molecule has 0 N–H and O–H groups in total. The van der Waals surface area contributed by atoms with Gasteiger partial charge >= 0.3 is 0 Å². The fourth-order valence-electron chi connectivity index (χ4n) is 3.78. The Bertz CT molecular complexity index is 543. The van der Waals surface area contributed by atoms with Crippen LogP contribution >= 0.6 is 0 Å².